The summed E-state index contributed by atoms with van der Waals surface area (Å²) in [7, 11) is -1.86. The Morgan fingerprint density at radius 2 is 1.80 bits per heavy atom. The van der Waals surface area contributed by atoms with Crippen LogP contribution in [0.2, 0.25) is 25.7 Å². The van der Waals surface area contributed by atoms with Crippen molar-refractivity contribution in [3.05, 3.63) is 76.6 Å². The van der Waals surface area contributed by atoms with E-state index in [4.69, 9.17) is 10.5 Å². The molecule has 3 unspecified atom stereocenters. The number of hydrogen-bond donors (Lipinski definition) is 2. The third-order valence-electron chi connectivity index (χ3n) is 7.48. The fraction of sp³-hybridized carbons (Fsp3) is 0.414. The second-order valence-electron chi connectivity index (χ2n) is 11.2. The fourth-order valence-electron chi connectivity index (χ4n) is 5.40. The molecule has 214 valence electrons. The first kappa shape index (κ1) is 30.8. The summed E-state index contributed by atoms with van der Waals surface area (Å²) in [4.78, 5) is 28.3. The van der Waals surface area contributed by atoms with Gasteiger partial charge in [0.05, 0.1) is 34.8 Å². The number of carboxylic acids is 1. The summed E-state index contributed by atoms with van der Waals surface area (Å²) >= 11 is 0. The second kappa shape index (κ2) is 11.4. The topological polar surface area (TPSA) is 117 Å². The van der Waals surface area contributed by atoms with E-state index in [9.17, 15) is 33.1 Å². The van der Waals surface area contributed by atoms with Crippen molar-refractivity contribution < 1.29 is 32.6 Å². The summed E-state index contributed by atoms with van der Waals surface area (Å²) < 4.78 is 46.3. The van der Waals surface area contributed by atoms with Gasteiger partial charge in [-0.3, -0.25) is 4.79 Å². The number of halogens is 3. The maximum atomic E-state index is 13.7. The lowest BCUT2D eigenvalue weighted by Crippen LogP contribution is -2.60. The molecule has 0 aliphatic carbocycles. The van der Waals surface area contributed by atoms with Crippen LogP contribution in [0.3, 0.4) is 0 Å². The van der Waals surface area contributed by atoms with Gasteiger partial charge in [-0.15, -0.1) is 0 Å². The van der Waals surface area contributed by atoms with E-state index in [0.29, 0.717) is 17.2 Å². The van der Waals surface area contributed by atoms with E-state index in [1.165, 1.54) is 29.2 Å². The van der Waals surface area contributed by atoms with Crippen molar-refractivity contribution in [1.82, 2.24) is 0 Å². The molecule has 0 radical (unpaired) electrons. The standard InChI is InChI=1S/C29H34F3N3O4Si/c1-6-39-26(36)23-24(20-12-10-19(17-33)11-13-20)28(27(37)38,14-15-40(3,4)5)18(2)35(25(23)34)22-9-7-8-21(16-22)29(30,31)32/h7-13,16,18,24H,6,14-15,34H2,1-5H3,(H,37,38). The Morgan fingerprint density at radius 3 is 2.30 bits per heavy atom. The number of esters is 1. The number of benzene rings is 2. The number of carbonyl (C=O) groups excluding carboxylic acids is 1. The molecule has 0 fully saturated rings. The van der Waals surface area contributed by atoms with E-state index in [-0.39, 0.29) is 30.1 Å². The highest BCUT2D eigenvalue weighted by molar-refractivity contribution is 6.76. The van der Waals surface area contributed by atoms with Crippen LogP contribution in [0.15, 0.2) is 59.9 Å². The number of aliphatic carboxylic acids is 1. The minimum absolute atomic E-state index is 0.0125. The molecule has 1 aliphatic heterocycles. The number of anilines is 1. The summed E-state index contributed by atoms with van der Waals surface area (Å²) in [6.45, 7) is 9.46. The smallest absolute Gasteiger partial charge is 0.416 e. The molecular formula is C29H34F3N3O4Si. The van der Waals surface area contributed by atoms with Gasteiger partial charge in [0.1, 0.15) is 5.82 Å². The number of nitrogens with zero attached hydrogens (tertiary/aromatic N) is 2. The lowest BCUT2D eigenvalue weighted by molar-refractivity contribution is -0.153. The first-order chi connectivity index (χ1) is 18.6. The van der Waals surface area contributed by atoms with Crippen LogP contribution < -0.4 is 10.6 Å². The monoisotopic (exact) mass is 573 g/mol. The molecule has 40 heavy (non-hydrogen) atoms. The molecule has 3 atom stereocenters. The Balaban J connectivity index is 2.44. The molecule has 0 amide bonds. The van der Waals surface area contributed by atoms with Crippen molar-refractivity contribution in [1.29, 1.82) is 5.26 Å². The average molecular weight is 574 g/mol. The number of alkyl halides is 3. The third-order valence-corrected chi connectivity index (χ3v) is 9.23. The van der Waals surface area contributed by atoms with Crippen molar-refractivity contribution >= 4 is 25.7 Å². The Bertz CT molecular complexity index is 1350. The molecule has 0 aromatic heterocycles. The van der Waals surface area contributed by atoms with Crippen molar-refractivity contribution in [3.8, 4) is 6.07 Å². The summed E-state index contributed by atoms with van der Waals surface area (Å²) in [6.07, 6.45) is -4.51. The first-order valence-electron chi connectivity index (χ1n) is 12.9. The van der Waals surface area contributed by atoms with Crippen LogP contribution in [0.25, 0.3) is 0 Å². The van der Waals surface area contributed by atoms with Gasteiger partial charge in [-0.05, 0) is 56.2 Å². The molecule has 1 aliphatic rings. The highest BCUT2D eigenvalue weighted by Crippen LogP contribution is 2.55. The predicted octanol–water partition coefficient (Wildman–Crippen LogP) is 6.10. The van der Waals surface area contributed by atoms with Gasteiger partial charge in [0.2, 0.25) is 0 Å². The molecule has 0 bridgehead atoms. The minimum Gasteiger partial charge on any atom is -0.481 e. The van der Waals surface area contributed by atoms with Crippen LogP contribution >= 0.6 is 0 Å². The minimum atomic E-state index is -4.65. The summed E-state index contributed by atoms with van der Waals surface area (Å²) in [5, 5.41) is 20.3. The molecule has 3 N–H and O–H groups in total. The molecule has 7 nitrogen and oxygen atoms in total. The lowest BCUT2D eigenvalue weighted by atomic mass is 9.60. The maximum absolute atomic E-state index is 13.7. The molecular weight excluding hydrogens is 539 g/mol. The number of ether oxygens (including phenoxy) is 1. The van der Waals surface area contributed by atoms with Crippen LogP contribution in [0.4, 0.5) is 18.9 Å². The van der Waals surface area contributed by atoms with Crippen LogP contribution in [0.5, 0.6) is 0 Å². The second-order valence-corrected chi connectivity index (χ2v) is 16.8. The molecule has 1 heterocycles. The highest BCUT2D eigenvalue weighted by Gasteiger charge is 2.59. The normalized spacial score (nSPS) is 21.6. The molecule has 0 saturated carbocycles. The van der Waals surface area contributed by atoms with E-state index in [0.717, 1.165) is 12.1 Å². The Morgan fingerprint density at radius 1 is 1.18 bits per heavy atom. The van der Waals surface area contributed by atoms with Crippen molar-refractivity contribution in [2.75, 3.05) is 11.5 Å². The van der Waals surface area contributed by atoms with Gasteiger partial charge in [-0.1, -0.05) is 43.9 Å². The van der Waals surface area contributed by atoms with Gasteiger partial charge in [0.15, 0.2) is 0 Å². The van der Waals surface area contributed by atoms with Gasteiger partial charge >= 0.3 is 18.1 Å². The predicted molar refractivity (Wildman–Crippen MR) is 148 cm³/mol. The molecule has 2 aromatic carbocycles. The van der Waals surface area contributed by atoms with Gasteiger partial charge in [0, 0.05) is 25.7 Å². The molecule has 2 aromatic rings. The number of nitrogens with two attached hydrogens (primary N) is 1. The van der Waals surface area contributed by atoms with E-state index in [1.807, 2.05) is 6.07 Å². The summed E-state index contributed by atoms with van der Waals surface area (Å²) in [5.41, 5.74) is 4.65. The summed E-state index contributed by atoms with van der Waals surface area (Å²) in [6, 6.07) is 12.3. The maximum Gasteiger partial charge on any atom is 0.416 e. The zero-order valence-electron chi connectivity index (χ0n) is 23.2. The quantitative estimate of drug-likeness (QED) is 0.289. The SMILES string of the molecule is CCOC(=O)C1=C(N)N(c2cccc(C(F)(F)F)c2)C(C)C(CC[Si](C)(C)C)(C(=O)O)C1c1ccc(C#N)cc1. The number of carboxylic acid groups (broad SMARTS) is 1. The van der Waals surface area contributed by atoms with Crippen LogP contribution in [-0.4, -0.2) is 37.8 Å². The van der Waals surface area contributed by atoms with Crippen LogP contribution in [-0.2, 0) is 20.5 Å². The zero-order valence-corrected chi connectivity index (χ0v) is 24.2. The largest absolute Gasteiger partial charge is 0.481 e. The van der Waals surface area contributed by atoms with E-state index >= 15 is 0 Å². The molecule has 11 heteroatoms. The first-order valence-corrected chi connectivity index (χ1v) is 16.7. The van der Waals surface area contributed by atoms with Gasteiger partial charge < -0.3 is 20.5 Å². The number of nitriles is 1. The van der Waals surface area contributed by atoms with Crippen molar-refractivity contribution in [2.45, 2.75) is 64.1 Å². The highest BCUT2D eigenvalue weighted by atomic mass is 28.3. The Hall–Kier alpha value is -3.78. The number of hydrogen-bond acceptors (Lipinski definition) is 6. The molecule has 0 saturated heterocycles. The van der Waals surface area contributed by atoms with E-state index in [1.54, 1.807) is 26.0 Å². The van der Waals surface area contributed by atoms with Crippen LogP contribution in [0.1, 0.15) is 42.9 Å². The van der Waals surface area contributed by atoms with E-state index in [2.05, 4.69) is 19.6 Å². The average Bonchev–Trinajstić information content (AvgIpc) is 2.87. The number of rotatable bonds is 8. The van der Waals surface area contributed by atoms with Gasteiger partial charge in [-0.25, -0.2) is 4.79 Å². The molecule has 0 spiro atoms. The number of carbonyl (C=O) groups is 2. The third kappa shape index (κ3) is 5.87. The van der Waals surface area contributed by atoms with Crippen molar-refractivity contribution in [2.24, 2.45) is 11.1 Å². The molecule has 3 rings (SSSR count). The Labute approximate surface area is 233 Å². The van der Waals surface area contributed by atoms with Gasteiger partial charge in [0.25, 0.3) is 0 Å². The Kier molecular flexibility index (Phi) is 8.74. The lowest BCUT2D eigenvalue weighted by Gasteiger charge is -2.52. The van der Waals surface area contributed by atoms with Crippen LogP contribution in [0, 0.1) is 16.7 Å². The van der Waals surface area contributed by atoms with E-state index < -0.39 is 49.1 Å². The zero-order chi connectivity index (χ0) is 30.0. The van der Waals surface area contributed by atoms with Crippen molar-refractivity contribution in [3.63, 3.8) is 0 Å². The fourth-order valence-corrected chi connectivity index (χ4v) is 6.56. The summed E-state index contributed by atoms with van der Waals surface area (Å²) in [5.74, 6) is -3.33. The van der Waals surface area contributed by atoms with Gasteiger partial charge in [-0.2, -0.15) is 18.4 Å².